The van der Waals surface area contributed by atoms with E-state index in [-0.39, 0.29) is 12.0 Å². The molecule has 0 spiro atoms. The van der Waals surface area contributed by atoms with Gasteiger partial charge >= 0.3 is 6.18 Å². The van der Waals surface area contributed by atoms with Crippen molar-refractivity contribution < 1.29 is 22.4 Å². The molecule has 0 saturated carbocycles. The number of hydrogen-bond acceptors (Lipinski definition) is 1. The summed E-state index contributed by atoms with van der Waals surface area (Å²) in [6.07, 6.45) is -2.38. The Morgan fingerprint density at radius 1 is 1.35 bits per heavy atom. The van der Waals surface area contributed by atoms with Gasteiger partial charge in [-0.2, -0.15) is 13.2 Å². The third kappa shape index (κ3) is 3.90. The van der Waals surface area contributed by atoms with Crippen LogP contribution in [0.5, 0.6) is 0 Å². The molecule has 0 unspecified atom stereocenters. The lowest BCUT2D eigenvalue weighted by atomic mass is 10.1. The van der Waals surface area contributed by atoms with Crippen LogP contribution in [0.25, 0.3) is 6.08 Å². The largest absolute Gasteiger partial charge is 0.416 e. The number of amides is 1. The van der Waals surface area contributed by atoms with Gasteiger partial charge in [0, 0.05) is 12.0 Å². The highest BCUT2D eigenvalue weighted by atomic mass is 19.4. The van der Waals surface area contributed by atoms with Gasteiger partial charge in [-0.05, 0) is 18.2 Å². The van der Waals surface area contributed by atoms with Gasteiger partial charge in [-0.15, -0.1) is 0 Å². The van der Waals surface area contributed by atoms with Crippen LogP contribution >= 0.6 is 0 Å². The van der Waals surface area contributed by atoms with Gasteiger partial charge in [0.15, 0.2) is 0 Å². The molecule has 0 aliphatic heterocycles. The summed E-state index contributed by atoms with van der Waals surface area (Å²) < 4.78 is 50.1. The molecule has 1 amide bonds. The minimum Gasteiger partial charge on any atom is -0.369 e. The van der Waals surface area contributed by atoms with Crippen molar-refractivity contribution in [2.45, 2.75) is 12.6 Å². The Morgan fingerprint density at radius 2 is 2.00 bits per heavy atom. The summed E-state index contributed by atoms with van der Waals surface area (Å²) >= 11 is 0. The summed E-state index contributed by atoms with van der Waals surface area (Å²) in [4.78, 5) is 10.4. The number of halogens is 4. The zero-order valence-corrected chi connectivity index (χ0v) is 8.59. The number of alkyl halides is 3. The van der Waals surface area contributed by atoms with Crippen LogP contribution < -0.4 is 5.73 Å². The van der Waals surface area contributed by atoms with Crippen LogP contribution in [-0.4, -0.2) is 5.91 Å². The Labute approximate surface area is 94.7 Å². The van der Waals surface area contributed by atoms with Crippen LogP contribution in [0.2, 0.25) is 0 Å². The molecule has 0 atom stereocenters. The van der Waals surface area contributed by atoms with E-state index in [2.05, 4.69) is 0 Å². The van der Waals surface area contributed by atoms with Crippen molar-refractivity contribution in [3.63, 3.8) is 0 Å². The molecular formula is C11H9F4NO. The van der Waals surface area contributed by atoms with E-state index in [1.807, 2.05) is 0 Å². The van der Waals surface area contributed by atoms with Crippen molar-refractivity contribution in [1.82, 2.24) is 0 Å². The highest BCUT2D eigenvalue weighted by Gasteiger charge is 2.30. The maximum Gasteiger partial charge on any atom is 0.416 e. The molecule has 0 aromatic heterocycles. The van der Waals surface area contributed by atoms with Gasteiger partial charge < -0.3 is 5.73 Å². The van der Waals surface area contributed by atoms with Crippen LogP contribution in [0.1, 0.15) is 17.5 Å². The topological polar surface area (TPSA) is 43.1 Å². The highest BCUT2D eigenvalue weighted by molar-refractivity contribution is 5.76. The molecule has 0 fully saturated rings. The molecule has 2 N–H and O–H groups in total. The Kier molecular flexibility index (Phi) is 3.88. The molecule has 1 aromatic rings. The van der Waals surface area contributed by atoms with Crippen molar-refractivity contribution in [2.75, 3.05) is 0 Å². The second-order valence-corrected chi connectivity index (χ2v) is 3.31. The maximum atomic E-state index is 13.1. The van der Waals surface area contributed by atoms with Crippen molar-refractivity contribution in [2.24, 2.45) is 5.73 Å². The number of hydrogen-bond donors (Lipinski definition) is 1. The fourth-order valence-electron chi connectivity index (χ4n) is 1.15. The highest BCUT2D eigenvalue weighted by Crippen LogP contribution is 2.30. The summed E-state index contributed by atoms with van der Waals surface area (Å²) in [5.74, 6) is -1.44. The van der Waals surface area contributed by atoms with Crippen LogP contribution in [0.4, 0.5) is 17.6 Å². The first-order chi connectivity index (χ1) is 7.80. The Balaban J connectivity index is 2.99. The van der Waals surface area contributed by atoms with Gasteiger partial charge in [-0.3, -0.25) is 4.79 Å². The quantitative estimate of drug-likeness (QED) is 0.820. The molecule has 2 nitrogen and oxygen atoms in total. The van der Waals surface area contributed by atoms with E-state index < -0.39 is 23.5 Å². The predicted octanol–water partition coefficient (Wildman–Crippen LogP) is 2.73. The van der Waals surface area contributed by atoms with E-state index in [0.717, 1.165) is 12.1 Å². The monoisotopic (exact) mass is 247 g/mol. The smallest absolute Gasteiger partial charge is 0.369 e. The predicted molar refractivity (Wildman–Crippen MR) is 54.2 cm³/mol. The Hall–Kier alpha value is -1.85. The summed E-state index contributed by atoms with van der Waals surface area (Å²) in [5, 5.41) is 0. The van der Waals surface area contributed by atoms with Crippen molar-refractivity contribution in [1.29, 1.82) is 0 Å². The zero-order valence-electron chi connectivity index (χ0n) is 8.59. The standard InChI is InChI=1S/C11H9F4NO/c12-9-5-4-8(11(13,14)15)6-7(9)2-1-3-10(16)17/h1-2,4-6H,3H2,(H2,16,17). The molecule has 17 heavy (non-hydrogen) atoms. The fourth-order valence-corrected chi connectivity index (χ4v) is 1.15. The average Bonchev–Trinajstić information content (AvgIpc) is 2.18. The average molecular weight is 247 g/mol. The normalized spacial score (nSPS) is 12.0. The van der Waals surface area contributed by atoms with Crippen molar-refractivity contribution in [3.8, 4) is 0 Å². The fraction of sp³-hybridized carbons (Fsp3) is 0.182. The molecule has 0 heterocycles. The second-order valence-electron chi connectivity index (χ2n) is 3.31. The van der Waals surface area contributed by atoms with Crippen LogP contribution in [0, 0.1) is 5.82 Å². The molecule has 1 rings (SSSR count). The molecule has 0 saturated heterocycles. The number of primary amides is 1. The summed E-state index contributed by atoms with van der Waals surface area (Å²) in [6, 6.07) is 2.06. The molecule has 0 aliphatic carbocycles. The van der Waals surface area contributed by atoms with Gasteiger partial charge in [0.1, 0.15) is 5.82 Å². The van der Waals surface area contributed by atoms with E-state index in [1.54, 1.807) is 0 Å². The minimum atomic E-state index is -4.53. The molecule has 92 valence electrons. The van der Waals surface area contributed by atoms with Crippen LogP contribution in [0.15, 0.2) is 24.3 Å². The van der Waals surface area contributed by atoms with Crippen molar-refractivity contribution >= 4 is 12.0 Å². The van der Waals surface area contributed by atoms with Crippen molar-refractivity contribution in [3.05, 3.63) is 41.2 Å². The minimum absolute atomic E-state index is 0.157. The molecule has 0 bridgehead atoms. The second kappa shape index (κ2) is 4.99. The van der Waals surface area contributed by atoms with Gasteiger partial charge in [0.25, 0.3) is 0 Å². The van der Waals surface area contributed by atoms with Crippen LogP contribution in [0.3, 0.4) is 0 Å². The molecular weight excluding hydrogens is 238 g/mol. The van der Waals surface area contributed by atoms with Crippen LogP contribution in [-0.2, 0) is 11.0 Å². The van der Waals surface area contributed by atoms with E-state index >= 15 is 0 Å². The number of rotatable bonds is 3. The van der Waals surface area contributed by atoms with Gasteiger partial charge in [0.2, 0.25) is 5.91 Å². The zero-order chi connectivity index (χ0) is 13.1. The number of nitrogens with two attached hydrogens (primary N) is 1. The summed E-state index contributed by atoms with van der Waals surface area (Å²) in [7, 11) is 0. The summed E-state index contributed by atoms with van der Waals surface area (Å²) in [5.41, 5.74) is 3.65. The molecule has 0 radical (unpaired) electrons. The lowest BCUT2D eigenvalue weighted by molar-refractivity contribution is -0.137. The van der Waals surface area contributed by atoms with E-state index in [9.17, 15) is 22.4 Å². The maximum absolute atomic E-state index is 13.1. The SMILES string of the molecule is NC(=O)CC=Cc1cc(C(F)(F)F)ccc1F. The number of carbonyl (C=O) groups is 1. The van der Waals surface area contributed by atoms with E-state index in [1.165, 1.54) is 6.08 Å². The van der Waals surface area contributed by atoms with Gasteiger partial charge in [-0.25, -0.2) is 4.39 Å². The first-order valence-electron chi connectivity index (χ1n) is 4.62. The Morgan fingerprint density at radius 3 is 2.53 bits per heavy atom. The molecule has 1 aromatic carbocycles. The first kappa shape index (κ1) is 13.2. The lowest BCUT2D eigenvalue weighted by Gasteiger charge is -2.07. The third-order valence-corrected chi connectivity index (χ3v) is 1.94. The first-order valence-corrected chi connectivity index (χ1v) is 4.62. The molecule has 6 heteroatoms. The summed E-state index contributed by atoms with van der Waals surface area (Å²) in [6.45, 7) is 0. The lowest BCUT2D eigenvalue weighted by Crippen LogP contribution is -2.08. The van der Waals surface area contributed by atoms with E-state index in [0.29, 0.717) is 12.1 Å². The van der Waals surface area contributed by atoms with Gasteiger partial charge in [0.05, 0.1) is 5.56 Å². The Bertz CT molecular complexity index is 451. The third-order valence-electron chi connectivity index (χ3n) is 1.94. The van der Waals surface area contributed by atoms with Gasteiger partial charge in [-0.1, -0.05) is 12.2 Å². The van der Waals surface area contributed by atoms with E-state index in [4.69, 9.17) is 5.73 Å². The number of benzene rings is 1. The number of carbonyl (C=O) groups excluding carboxylic acids is 1. The molecule has 0 aliphatic rings.